The van der Waals surface area contributed by atoms with Gasteiger partial charge in [-0.15, -0.1) is 0 Å². The lowest BCUT2D eigenvalue weighted by Gasteiger charge is -2.17. The van der Waals surface area contributed by atoms with Gasteiger partial charge in [-0.3, -0.25) is 4.79 Å². The summed E-state index contributed by atoms with van der Waals surface area (Å²) in [6.45, 7) is 2.88. The first kappa shape index (κ1) is 15.5. The first-order valence-electron chi connectivity index (χ1n) is 6.97. The molecule has 0 aliphatic rings. The number of hydrogen-bond acceptors (Lipinski definition) is 2. The monoisotopic (exact) mass is 302 g/mol. The molecule has 21 heavy (non-hydrogen) atoms. The van der Waals surface area contributed by atoms with E-state index in [1.807, 2.05) is 36.4 Å². The molecule has 3 N–H and O–H groups in total. The number of halogens is 1. The third-order valence-electron chi connectivity index (χ3n) is 3.47. The summed E-state index contributed by atoms with van der Waals surface area (Å²) in [5, 5.41) is 4.26. The maximum atomic E-state index is 11.0. The van der Waals surface area contributed by atoms with Crippen molar-refractivity contribution in [2.75, 3.05) is 0 Å². The molecule has 0 spiro atoms. The minimum absolute atomic E-state index is 0.276. The number of benzene rings is 2. The second-order valence-corrected chi connectivity index (χ2v) is 5.39. The highest BCUT2D eigenvalue weighted by molar-refractivity contribution is 6.30. The molecule has 1 amide bonds. The van der Waals surface area contributed by atoms with E-state index < -0.39 is 5.91 Å². The van der Waals surface area contributed by atoms with E-state index in [-0.39, 0.29) is 6.04 Å². The third-order valence-corrected chi connectivity index (χ3v) is 3.72. The van der Waals surface area contributed by atoms with Crippen molar-refractivity contribution < 1.29 is 4.79 Å². The lowest BCUT2D eigenvalue weighted by atomic mass is 10.0. The van der Waals surface area contributed by atoms with Crippen LogP contribution in [0.5, 0.6) is 0 Å². The summed E-state index contributed by atoms with van der Waals surface area (Å²) in [6, 6.07) is 15.5. The number of primary amides is 1. The SMILES string of the molecule is CC[C@@H](NCc1ccc(C(N)=O)cc1)c1ccc(Cl)cc1. The Balaban J connectivity index is 1.99. The Morgan fingerprint density at radius 3 is 2.29 bits per heavy atom. The van der Waals surface area contributed by atoms with E-state index in [9.17, 15) is 4.79 Å². The van der Waals surface area contributed by atoms with Gasteiger partial charge >= 0.3 is 0 Å². The summed E-state index contributed by atoms with van der Waals surface area (Å²) in [4.78, 5) is 11.0. The largest absolute Gasteiger partial charge is 0.366 e. The Kier molecular flexibility index (Phi) is 5.37. The number of rotatable bonds is 6. The van der Waals surface area contributed by atoms with Crippen LogP contribution in [0.25, 0.3) is 0 Å². The number of nitrogens with one attached hydrogen (secondary N) is 1. The number of hydrogen-bond donors (Lipinski definition) is 2. The second-order valence-electron chi connectivity index (χ2n) is 4.95. The first-order chi connectivity index (χ1) is 10.1. The van der Waals surface area contributed by atoms with Crippen molar-refractivity contribution in [3.63, 3.8) is 0 Å². The van der Waals surface area contributed by atoms with E-state index in [1.165, 1.54) is 5.56 Å². The molecule has 0 radical (unpaired) electrons. The molecule has 2 aromatic rings. The molecule has 0 heterocycles. The predicted octanol–water partition coefficient (Wildman–Crippen LogP) is 3.68. The van der Waals surface area contributed by atoms with Crippen molar-refractivity contribution in [1.82, 2.24) is 5.32 Å². The summed E-state index contributed by atoms with van der Waals surface area (Å²) in [5.41, 5.74) is 8.10. The maximum Gasteiger partial charge on any atom is 0.248 e. The standard InChI is InChI=1S/C17H19ClN2O/c1-2-16(13-7-9-15(18)10-8-13)20-11-12-3-5-14(6-4-12)17(19)21/h3-10,16,20H,2,11H2,1H3,(H2,19,21)/t16-/m1/s1. The van der Waals surface area contributed by atoms with Gasteiger partial charge in [0.1, 0.15) is 0 Å². The smallest absolute Gasteiger partial charge is 0.248 e. The van der Waals surface area contributed by atoms with Crippen LogP contribution in [0.15, 0.2) is 48.5 Å². The molecule has 2 rings (SSSR count). The fourth-order valence-corrected chi connectivity index (χ4v) is 2.35. The van der Waals surface area contributed by atoms with Crippen LogP contribution in [0, 0.1) is 0 Å². The van der Waals surface area contributed by atoms with E-state index in [0.717, 1.165) is 23.6 Å². The molecule has 0 saturated heterocycles. The zero-order valence-electron chi connectivity index (χ0n) is 12.0. The molecule has 3 nitrogen and oxygen atoms in total. The van der Waals surface area contributed by atoms with Crippen molar-refractivity contribution in [3.05, 3.63) is 70.2 Å². The molecule has 0 aliphatic carbocycles. The molecular formula is C17H19ClN2O. The molecule has 1 atom stereocenters. The quantitative estimate of drug-likeness (QED) is 0.855. The van der Waals surface area contributed by atoms with Crippen LogP contribution in [0.4, 0.5) is 0 Å². The summed E-state index contributed by atoms with van der Waals surface area (Å²) < 4.78 is 0. The van der Waals surface area contributed by atoms with Crippen LogP contribution in [-0.4, -0.2) is 5.91 Å². The molecule has 110 valence electrons. The number of amides is 1. The minimum atomic E-state index is -0.401. The van der Waals surface area contributed by atoms with Gasteiger partial charge in [-0.1, -0.05) is 42.8 Å². The van der Waals surface area contributed by atoms with Crippen LogP contribution in [0.3, 0.4) is 0 Å². The third kappa shape index (κ3) is 4.31. The topological polar surface area (TPSA) is 55.1 Å². The van der Waals surface area contributed by atoms with Gasteiger partial charge in [-0.05, 0) is 41.8 Å². The molecule has 4 heteroatoms. The van der Waals surface area contributed by atoms with E-state index in [2.05, 4.69) is 12.2 Å². The Morgan fingerprint density at radius 2 is 1.76 bits per heavy atom. The molecule has 0 fully saturated rings. The second kappa shape index (κ2) is 7.25. The van der Waals surface area contributed by atoms with Gasteiger partial charge in [-0.25, -0.2) is 0 Å². The highest BCUT2D eigenvalue weighted by Gasteiger charge is 2.08. The minimum Gasteiger partial charge on any atom is -0.366 e. The Morgan fingerprint density at radius 1 is 1.14 bits per heavy atom. The van der Waals surface area contributed by atoms with Crippen molar-refractivity contribution in [3.8, 4) is 0 Å². The van der Waals surface area contributed by atoms with E-state index in [1.54, 1.807) is 12.1 Å². The Hall–Kier alpha value is -1.84. The predicted molar refractivity (Wildman–Crippen MR) is 86.3 cm³/mol. The van der Waals surface area contributed by atoms with Crippen LogP contribution in [-0.2, 0) is 6.54 Å². The van der Waals surface area contributed by atoms with Gasteiger partial charge in [0.05, 0.1) is 0 Å². The van der Waals surface area contributed by atoms with Gasteiger partial charge in [0.25, 0.3) is 0 Å². The van der Waals surface area contributed by atoms with Crippen LogP contribution >= 0.6 is 11.6 Å². The zero-order valence-corrected chi connectivity index (χ0v) is 12.7. The van der Waals surface area contributed by atoms with Crippen molar-refractivity contribution in [1.29, 1.82) is 0 Å². The van der Waals surface area contributed by atoms with Gasteiger partial charge in [-0.2, -0.15) is 0 Å². The Labute approximate surface area is 130 Å². The highest BCUT2D eigenvalue weighted by atomic mass is 35.5. The van der Waals surface area contributed by atoms with E-state index >= 15 is 0 Å². The molecule has 0 bridgehead atoms. The molecular weight excluding hydrogens is 284 g/mol. The van der Waals surface area contributed by atoms with Crippen LogP contribution < -0.4 is 11.1 Å². The van der Waals surface area contributed by atoms with Gasteiger partial charge < -0.3 is 11.1 Å². The van der Waals surface area contributed by atoms with E-state index in [0.29, 0.717) is 5.56 Å². The number of carbonyl (C=O) groups is 1. The summed E-state index contributed by atoms with van der Waals surface area (Å²) >= 11 is 5.91. The number of carbonyl (C=O) groups excluding carboxylic acids is 1. The van der Waals surface area contributed by atoms with Crippen molar-refractivity contribution in [2.24, 2.45) is 5.73 Å². The molecule has 2 aromatic carbocycles. The van der Waals surface area contributed by atoms with Gasteiger partial charge in [0, 0.05) is 23.2 Å². The van der Waals surface area contributed by atoms with Crippen molar-refractivity contribution in [2.45, 2.75) is 25.9 Å². The van der Waals surface area contributed by atoms with Gasteiger partial charge in [0.2, 0.25) is 5.91 Å². The molecule has 0 aromatic heterocycles. The lowest BCUT2D eigenvalue weighted by molar-refractivity contribution is 0.100. The molecule has 0 aliphatic heterocycles. The summed E-state index contributed by atoms with van der Waals surface area (Å²) in [6.07, 6.45) is 0.987. The van der Waals surface area contributed by atoms with Gasteiger partial charge in [0.15, 0.2) is 0 Å². The summed E-state index contributed by atoms with van der Waals surface area (Å²) in [5.74, 6) is -0.401. The van der Waals surface area contributed by atoms with Crippen LogP contribution in [0.1, 0.15) is 40.9 Å². The first-order valence-corrected chi connectivity index (χ1v) is 7.35. The average Bonchev–Trinajstić information content (AvgIpc) is 2.50. The maximum absolute atomic E-state index is 11.0. The fraction of sp³-hybridized carbons (Fsp3) is 0.235. The average molecular weight is 303 g/mol. The van der Waals surface area contributed by atoms with Crippen LogP contribution in [0.2, 0.25) is 5.02 Å². The van der Waals surface area contributed by atoms with Crippen molar-refractivity contribution >= 4 is 17.5 Å². The molecule has 0 saturated carbocycles. The Bertz CT molecular complexity index is 593. The lowest BCUT2D eigenvalue weighted by Crippen LogP contribution is -2.20. The normalized spacial score (nSPS) is 12.1. The van der Waals surface area contributed by atoms with E-state index in [4.69, 9.17) is 17.3 Å². The summed E-state index contributed by atoms with van der Waals surface area (Å²) in [7, 11) is 0. The molecule has 0 unspecified atom stereocenters. The highest BCUT2D eigenvalue weighted by Crippen LogP contribution is 2.19. The number of nitrogens with two attached hydrogens (primary N) is 1. The fourth-order valence-electron chi connectivity index (χ4n) is 2.22. The zero-order chi connectivity index (χ0) is 15.2.